The van der Waals surface area contributed by atoms with Crippen LogP contribution in [0.2, 0.25) is 0 Å². The van der Waals surface area contributed by atoms with E-state index in [1.54, 1.807) is 0 Å². The summed E-state index contributed by atoms with van der Waals surface area (Å²) in [6, 6.07) is 10.1. The molecule has 0 nitrogen and oxygen atoms in total. The van der Waals surface area contributed by atoms with Gasteiger partial charge >= 0.3 is 0 Å². The largest absolute Gasteiger partial charge is 0.162 e. The molecule has 0 heterocycles. The lowest BCUT2D eigenvalue weighted by Crippen LogP contribution is -2.04. The Morgan fingerprint density at radius 2 is 1.43 bits per heavy atom. The molecule has 0 radical (unpaired) electrons. The predicted octanol–water partition coefficient (Wildman–Crippen LogP) is 5.98. The van der Waals surface area contributed by atoms with Crippen LogP contribution in [0.4, 0.5) is 0 Å². The van der Waals surface area contributed by atoms with E-state index in [0.29, 0.717) is 0 Å². The minimum atomic E-state index is -0.434. The van der Waals surface area contributed by atoms with Crippen LogP contribution in [-0.4, -0.2) is 2.14 Å². The maximum Gasteiger partial charge on any atom is 0.162 e. The second-order valence-corrected chi connectivity index (χ2v) is 11.9. The summed E-state index contributed by atoms with van der Waals surface area (Å²) < 4.78 is 0.457. The molecule has 0 atom stereocenters. The van der Waals surface area contributed by atoms with Crippen molar-refractivity contribution in [1.29, 1.82) is 0 Å². The van der Waals surface area contributed by atoms with E-state index in [9.17, 15) is 0 Å². The Balaban J connectivity index is 3.24. The second kappa shape index (κ2) is 5.62. The molecule has 0 saturated heterocycles. The van der Waals surface area contributed by atoms with Gasteiger partial charge in [0.05, 0.1) is 3.39 Å². The molecule has 1 aromatic carbocycles. The fraction of sp³-hybridized carbons (Fsp3) is 0.111. The third kappa shape index (κ3) is 3.74. The van der Waals surface area contributed by atoms with E-state index in [1.165, 1.54) is 0 Å². The molecular weight excluding hydrogens is 508 g/mol. The van der Waals surface area contributed by atoms with Gasteiger partial charge in [-0.3, -0.25) is 0 Å². The molecule has 0 aliphatic heterocycles. The fourth-order valence-corrected chi connectivity index (χ4v) is 4.92. The molecule has 0 saturated carbocycles. The van der Waals surface area contributed by atoms with Gasteiger partial charge in [0, 0.05) is 5.57 Å². The number of benzene rings is 1. The number of allylic oxidation sites excluding steroid dienone is 1. The van der Waals surface area contributed by atoms with Gasteiger partial charge in [-0.25, -0.2) is 0 Å². The van der Waals surface area contributed by atoms with E-state index in [0.717, 1.165) is 14.5 Å². The summed E-state index contributed by atoms with van der Waals surface area (Å²) in [5, 5.41) is 0. The van der Waals surface area contributed by atoms with E-state index in [1.807, 2.05) is 30.3 Å². The van der Waals surface area contributed by atoms with Crippen molar-refractivity contribution in [1.82, 2.24) is 0 Å². The summed E-state index contributed by atoms with van der Waals surface area (Å²) in [6.07, 6.45) is 0. The minimum Gasteiger partial charge on any atom is -0.0622 e. The standard InChI is InChI=1S/C9H5Br5/c10-8(11)7(9(12,13)14)6-4-2-1-3-5-6/h1-5H. The molecule has 14 heavy (non-hydrogen) atoms. The summed E-state index contributed by atoms with van der Waals surface area (Å²) >= 11 is 17.3. The zero-order chi connectivity index (χ0) is 10.8. The molecule has 0 spiro atoms. The summed E-state index contributed by atoms with van der Waals surface area (Å²) in [4.78, 5) is 0. The van der Waals surface area contributed by atoms with E-state index in [4.69, 9.17) is 0 Å². The summed E-state index contributed by atoms with van der Waals surface area (Å²) in [5.74, 6) is 0. The number of halogens is 5. The molecule has 0 amide bonds. The Labute approximate surface area is 125 Å². The van der Waals surface area contributed by atoms with Crippen LogP contribution in [0.25, 0.3) is 5.57 Å². The molecule has 5 heteroatoms. The third-order valence-electron chi connectivity index (χ3n) is 1.53. The van der Waals surface area contributed by atoms with Crippen LogP contribution in [0.5, 0.6) is 0 Å². The number of hydrogen-bond donors (Lipinski definition) is 0. The lowest BCUT2D eigenvalue weighted by Gasteiger charge is -2.18. The van der Waals surface area contributed by atoms with E-state index in [2.05, 4.69) is 79.6 Å². The Hall–Kier alpha value is 1.36. The smallest absolute Gasteiger partial charge is 0.0622 e. The molecular formula is C9H5Br5. The van der Waals surface area contributed by atoms with Crippen LogP contribution >= 0.6 is 79.6 Å². The highest BCUT2D eigenvalue weighted by Gasteiger charge is 2.27. The lowest BCUT2D eigenvalue weighted by molar-refractivity contribution is 1.54. The van der Waals surface area contributed by atoms with E-state index < -0.39 is 2.14 Å². The van der Waals surface area contributed by atoms with Crippen molar-refractivity contribution in [3.05, 3.63) is 39.3 Å². The molecule has 0 aliphatic rings. The molecule has 0 aliphatic carbocycles. The van der Waals surface area contributed by atoms with Gasteiger partial charge in [0.1, 0.15) is 0 Å². The van der Waals surface area contributed by atoms with Crippen molar-refractivity contribution in [3.63, 3.8) is 0 Å². The molecule has 76 valence electrons. The minimum absolute atomic E-state index is 0.434. The maximum atomic E-state index is 3.50. The SMILES string of the molecule is BrC(Br)=C(c1ccccc1)C(Br)(Br)Br. The van der Waals surface area contributed by atoms with Gasteiger partial charge in [-0.1, -0.05) is 78.1 Å². The topological polar surface area (TPSA) is 0 Å². The van der Waals surface area contributed by atoms with Crippen molar-refractivity contribution in [2.75, 3.05) is 0 Å². The number of rotatable bonds is 1. The highest BCUT2D eigenvalue weighted by molar-refractivity contribution is 9.40. The van der Waals surface area contributed by atoms with Crippen molar-refractivity contribution >= 4 is 85.2 Å². The van der Waals surface area contributed by atoms with Crippen molar-refractivity contribution in [2.24, 2.45) is 0 Å². The van der Waals surface area contributed by atoms with Gasteiger partial charge in [-0.05, 0) is 37.4 Å². The fourth-order valence-electron chi connectivity index (χ4n) is 0.985. The first kappa shape index (κ1) is 13.4. The molecule has 0 N–H and O–H groups in total. The maximum absolute atomic E-state index is 3.50. The third-order valence-corrected chi connectivity index (χ3v) is 3.52. The first-order valence-corrected chi connectivity index (χ1v) is 7.57. The zero-order valence-electron chi connectivity index (χ0n) is 6.78. The molecule has 0 fully saturated rings. The van der Waals surface area contributed by atoms with Crippen molar-refractivity contribution in [3.8, 4) is 0 Å². The van der Waals surface area contributed by atoms with Gasteiger partial charge in [-0.15, -0.1) is 0 Å². The lowest BCUT2D eigenvalue weighted by atomic mass is 10.1. The average molecular weight is 513 g/mol. The first-order chi connectivity index (χ1) is 6.43. The van der Waals surface area contributed by atoms with Gasteiger partial charge < -0.3 is 0 Å². The number of hydrogen-bond acceptors (Lipinski definition) is 0. The molecule has 1 rings (SSSR count). The molecule has 0 aromatic heterocycles. The highest BCUT2D eigenvalue weighted by atomic mass is 80.0. The van der Waals surface area contributed by atoms with E-state index >= 15 is 0 Å². The summed E-state index contributed by atoms with van der Waals surface area (Å²) in [5.41, 5.74) is 2.15. The predicted molar refractivity (Wildman–Crippen MR) is 80.7 cm³/mol. The Morgan fingerprint density at radius 1 is 0.929 bits per heavy atom. The van der Waals surface area contributed by atoms with Gasteiger partial charge in [-0.2, -0.15) is 0 Å². The van der Waals surface area contributed by atoms with Crippen LogP contribution in [0.1, 0.15) is 5.56 Å². The zero-order valence-corrected chi connectivity index (χ0v) is 14.7. The van der Waals surface area contributed by atoms with Gasteiger partial charge in [0.25, 0.3) is 0 Å². The quantitative estimate of drug-likeness (QED) is 0.406. The summed E-state index contributed by atoms with van der Waals surface area (Å²) in [7, 11) is 0. The molecule has 0 bridgehead atoms. The summed E-state index contributed by atoms with van der Waals surface area (Å²) in [6.45, 7) is 0. The Morgan fingerprint density at radius 3 is 1.79 bits per heavy atom. The van der Waals surface area contributed by atoms with Gasteiger partial charge in [0.15, 0.2) is 2.14 Å². The van der Waals surface area contributed by atoms with Crippen molar-refractivity contribution in [2.45, 2.75) is 2.14 Å². The van der Waals surface area contributed by atoms with Crippen LogP contribution in [0.3, 0.4) is 0 Å². The normalized spacial score (nSPS) is 11.2. The first-order valence-electron chi connectivity index (χ1n) is 3.61. The second-order valence-electron chi connectivity index (χ2n) is 2.50. The Kier molecular flexibility index (Phi) is 5.39. The van der Waals surface area contributed by atoms with E-state index in [-0.39, 0.29) is 0 Å². The highest BCUT2D eigenvalue weighted by Crippen LogP contribution is 2.49. The van der Waals surface area contributed by atoms with Crippen LogP contribution < -0.4 is 0 Å². The Bertz CT molecular complexity index is 332. The molecule has 1 aromatic rings. The monoisotopic (exact) mass is 508 g/mol. The van der Waals surface area contributed by atoms with Crippen LogP contribution in [-0.2, 0) is 0 Å². The van der Waals surface area contributed by atoms with Gasteiger partial charge in [0.2, 0.25) is 0 Å². The average Bonchev–Trinajstić information content (AvgIpc) is 2.02. The van der Waals surface area contributed by atoms with Crippen molar-refractivity contribution < 1.29 is 0 Å². The molecule has 0 unspecified atom stereocenters. The van der Waals surface area contributed by atoms with Crippen LogP contribution in [0.15, 0.2) is 33.7 Å². The van der Waals surface area contributed by atoms with Crippen LogP contribution in [0, 0.1) is 0 Å². The number of alkyl halides is 3.